The van der Waals surface area contributed by atoms with Gasteiger partial charge < -0.3 is 9.80 Å². The van der Waals surface area contributed by atoms with E-state index in [0.29, 0.717) is 36.3 Å². The molecule has 0 heterocycles. The molecule has 2 aromatic rings. The Morgan fingerprint density at radius 1 is 0.933 bits per heavy atom. The highest BCUT2D eigenvalue weighted by atomic mass is 32.2. The molecule has 2 amide bonds. The largest absolute Gasteiger partial charge is 0.345 e. The van der Waals surface area contributed by atoms with Gasteiger partial charge in [-0.15, -0.1) is 0 Å². The molecule has 2 aromatic carbocycles. The number of carbonyl (C=O) groups excluding carboxylic acids is 2. The zero-order valence-corrected chi connectivity index (χ0v) is 18.7. The molecule has 0 saturated heterocycles. The summed E-state index contributed by atoms with van der Waals surface area (Å²) >= 11 is 0. The normalized spacial score (nSPS) is 11.1. The van der Waals surface area contributed by atoms with Gasteiger partial charge in [-0.2, -0.15) is 0 Å². The van der Waals surface area contributed by atoms with Crippen molar-refractivity contribution in [2.45, 2.75) is 26.8 Å². The number of hydrogen-bond acceptors (Lipinski definition) is 4. The molecule has 0 aliphatic heterocycles. The summed E-state index contributed by atoms with van der Waals surface area (Å²) in [5, 5.41) is 0. The predicted molar refractivity (Wildman–Crippen MR) is 119 cm³/mol. The molecule has 0 aromatic heterocycles. The number of benzene rings is 2. The third-order valence-corrected chi connectivity index (χ3v) is 6.00. The first-order valence-electron chi connectivity index (χ1n) is 9.87. The van der Waals surface area contributed by atoms with Crippen LogP contribution >= 0.6 is 0 Å². The van der Waals surface area contributed by atoms with E-state index in [1.807, 2.05) is 19.1 Å². The molecule has 30 heavy (non-hydrogen) atoms. The molecule has 0 aliphatic rings. The first-order valence-corrected chi connectivity index (χ1v) is 11.5. The van der Waals surface area contributed by atoms with Crippen LogP contribution in [0.15, 0.2) is 48.5 Å². The van der Waals surface area contributed by atoms with Crippen LogP contribution < -0.4 is 4.72 Å². The van der Waals surface area contributed by atoms with Crippen molar-refractivity contribution in [1.29, 1.82) is 0 Å². The number of amides is 2. The van der Waals surface area contributed by atoms with Gasteiger partial charge in [0.15, 0.2) is 0 Å². The summed E-state index contributed by atoms with van der Waals surface area (Å²) < 4.78 is 26.5. The first-order chi connectivity index (χ1) is 14.2. The molecule has 0 radical (unpaired) electrons. The van der Waals surface area contributed by atoms with E-state index in [1.165, 1.54) is 4.90 Å². The van der Waals surface area contributed by atoms with Crippen LogP contribution in [-0.4, -0.2) is 56.4 Å². The van der Waals surface area contributed by atoms with Gasteiger partial charge in [0, 0.05) is 44.0 Å². The second-order valence-electron chi connectivity index (χ2n) is 7.22. The summed E-state index contributed by atoms with van der Waals surface area (Å²) in [6, 6.07) is 13.7. The highest BCUT2D eigenvalue weighted by molar-refractivity contribution is 7.92. The van der Waals surface area contributed by atoms with Crippen molar-refractivity contribution < 1.29 is 18.0 Å². The van der Waals surface area contributed by atoms with Crippen molar-refractivity contribution >= 4 is 27.5 Å². The van der Waals surface area contributed by atoms with Gasteiger partial charge in [0.1, 0.15) is 0 Å². The molecular formula is C22H29N3O4S. The Morgan fingerprint density at radius 2 is 1.60 bits per heavy atom. The third kappa shape index (κ3) is 6.32. The molecule has 0 atom stereocenters. The number of anilines is 1. The molecule has 0 aliphatic carbocycles. The number of rotatable bonds is 9. The van der Waals surface area contributed by atoms with E-state index in [0.717, 1.165) is 5.56 Å². The molecule has 7 nitrogen and oxygen atoms in total. The van der Waals surface area contributed by atoms with E-state index in [1.54, 1.807) is 62.3 Å². The molecule has 1 N–H and O–H groups in total. The Bertz CT molecular complexity index is 986. The summed E-state index contributed by atoms with van der Waals surface area (Å²) in [5.41, 5.74) is 2.27. The molecule has 162 valence electrons. The molecule has 0 saturated carbocycles. The van der Waals surface area contributed by atoms with Crippen LogP contribution in [0.5, 0.6) is 0 Å². The van der Waals surface area contributed by atoms with E-state index in [4.69, 9.17) is 0 Å². The Balaban J connectivity index is 2.14. The van der Waals surface area contributed by atoms with Gasteiger partial charge in [-0.3, -0.25) is 14.3 Å². The van der Waals surface area contributed by atoms with E-state index >= 15 is 0 Å². The number of nitrogens with one attached hydrogen (secondary N) is 1. The van der Waals surface area contributed by atoms with Gasteiger partial charge in [-0.05, 0) is 49.2 Å². The Hall–Kier alpha value is -2.87. The average molecular weight is 432 g/mol. The van der Waals surface area contributed by atoms with Crippen LogP contribution in [0.25, 0.3) is 0 Å². The number of carbonyl (C=O) groups is 2. The highest BCUT2D eigenvalue weighted by Gasteiger charge is 2.17. The summed E-state index contributed by atoms with van der Waals surface area (Å²) in [6.07, 6.45) is 0.510. The lowest BCUT2D eigenvalue weighted by Crippen LogP contribution is -2.30. The van der Waals surface area contributed by atoms with Crippen LogP contribution in [0, 0.1) is 0 Å². The van der Waals surface area contributed by atoms with Crippen LogP contribution in [0.1, 0.15) is 46.5 Å². The van der Waals surface area contributed by atoms with Crippen molar-refractivity contribution in [1.82, 2.24) is 9.80 Å². The lowest BCUT2D eigenvalue weighted by atomic mass is 10.1. The fourth-order valence-corrected chi connectivity index (χ4v) is 4.08. The molecule has 8 heteroatoms. The Kier molecular flexibility index (Phi) is 8.00. The molecule has 0 spiro atoms. The van der Waals surface area contributed by atoms with Crippen molar-refractivity contribution in [2.75, 3.05) is 31.1 Å². The third-order valence-electron chi connectivity index (χ3n) is 4.51. The Labute approximate surface area is 178 Å². The maximum atomic E-state index is 13.0. The second kappa shape index (κ2) is 10.2. The van der Waals surface area contributed by atoms with Crippen molar-refractivity contribution in [3.05, 3.63) is 65.2 Å². The maximum Gasteiger partial charge on any atom is 0.254 e. The SMILES string of the molecule is CCCS(=O)(=O)Nc1cccc(C(=O)N(CC)Cc2ccc(C(=O)N(C)C)cc2)c1. The highest BCUT2D eigenvalue weighted by Crippen LogP contribution is 2.17. The maximum absolute atomic E-state index is 13.0. The van der Waals surface area contributed by atoms with Crippen molar-refractivity contribution in [2.24, 2.45) is 0 Å². The average Bonchev–Trinajstić information content (AvgIpc) is 2.71. The second-order valence-corrected chi connectivity index (χ2v) is 9.06. The zero-order valence-electron chi connectivity index (χ0n) is 17.9. The van der Waals surface area contributed by atoms with Gasteiger partial charge in [-0.25, -0.2) is 8.42 Å². The van der Waals surface area contributed by atoms with Crippen LogP contribution in [0.3, 0.4) is 0 Å². The first kappa shape index (κ1) is 23.4. The van der Waals surface area contributed by atoms with E-state index < -0.39 is 10.0 Å². The van der Waals surface area contributed by atoms with Crippen molar-refractivity contribution in [3.8, 4) is 0 Å². The summed E-state index contributed by atoms with van der Waals surface area (Å²) in [5.74, 6) is -0.242. The molecular weight excluding hydrogens is 402 g/mol. The quantitative estimate of drug-likeness (QED) is 0.661. The molecule has 0 unspecified atom stereocenters. The minimum Gasteiger partial charge on any atom is -0.345 e. The Morgan fingerprint density at radius 3 is 2.17 bits per heavy atom. The predicted octanol–water partition coefficient (Wildman–Crippen LogP) is 3.20. The lowest BCUT2D eigenvalue weighted by Gasteiger charge is -2.22. The smallest absolute Gasteiger partial charge is 0.254 e. The molecule has 0 fully saturated rings. The minimum atomic E-state index is -3.42. The fraction of sp³-hybridized carbons (Fsp3) is 0.364. The van der Waals surface area contributed by atoms with Crippen LogP contribution in [0.4, 0.5) is 5.69 Å². The van der Waals surface area contributed by atoms with Gasteiger partial charge >= 0.3 is 0 Å². The fourth-order valence-electron chi connectivity index (χ4n) is 2.96. The summed E-state index contributed by atoms with van der Waals surface area (Å²) in [7, 11) is -0.0275. The number of nitrogens with zero attached hydrogens (tertiary/aromatic N) is 2. The van der Waals surface area contributed by atoms with Crippen LogP contribution in [-0.2, 0) is 16.6 Å². The van der Waals surface area contributed by atoms with E-state index in [2.05, 4.69) is 4.72 Å². The van der Waals surface area contributed by atoms with E-state index in [-0.39, 0.29) is 17.6 Å². The van der Waals surface area contributed by atoms with Crippen molar-refractivity contribution in [3.63, 3.8) is 0 Å². The zero-order chi connectivity index (χ0) is 22.3. The molecule has 0 bridgehead atoms. The molecule has 2 rings (SSSR count). The number of sulfonamides is 1. The summed E-state index contributed by atoms with van der Waals surface area (Å²) in [6.45, 7) is 4.55. The van der Waals surface area contributed by atoms with Gasteiger partial charge in [0.25, 0.3) is 11.8 Å². The topological polar surface area (TPSA) is 86.8 Å². The standard InChI is InChI=1S/C22H29N3O4S/c1-5-14-30(28,29)23-20-9-7-8-19(15-20)22(27)25(6-2)16-17-10-12-18(13-11-17)21(26)24(3)4/h7-13,15,23H,5-6,14,16H2,1-4H3. The summed E-state index contributed by atoms with van der Waals surface area (Å²) in [4.78, 5) is 28.2. The van der Waals surface area contributed by atoms with Gasteiger partial charge in [0.05, 0.1) is 5.75 Å². The van der Waals surface area contributed by atoms with Gasteiger partial charge in [-0.1, -0.05) is 25.1 Å². The van der Waals surface area contributed by atoms with Gasteiger partial charge in [0.2, 0.25) is 10.0 Å². The lowest BCUT2D eigenvalue weighted by molar-refractivity contribution is 0.0751. The minimum absolute atomic E-state index is 0.0264. The number of hydrogen-bond donors (Lipinski definition) is 1. The monoisotopic (exact) mass is 431 g/mol. The van der Waals surface area contributed by atoms with E-state index in [9.17, 15) is 18.0 Å². The van der Waals surface area contributed by atoms with Crippen LogP contribution in [0.2, 0.25) is 0 Å².